The van der Waals surface area contributed by atoms with Gasteiger partial charge in [-0.1, -0.05) is 23.4 Å². The number of benzene rings is 1. The van der Waals surface area contributed by atoms with E-state index in [-0.39, 0.29) is 5.28 Å². The molecule has 3 aromatic rings. The van der Waals surface area contributed by atoms with Crippen LogP contribution in [-0.2, 0) is 0 Å². The van der Waals surface area contributed by atoms with E-state index in [1.165, 1.54) is 11.8 Å². The van der Waals surface area contributed by atoms with Gasteiger partial charge in [-0.15, -0.1) is 0 Å². The fourth-order valence-corrected chi connectivity index (χ4v) is 2.69. The monoisotopic (exact) mass is 296 g/mol. The zero-order chi connectivity index (χ0) is 12.5. The second kappa shape index (κ2) is 4.76. The van der Waals surface area contributed by atoms with Gasteiger partial charge in [0.25, 0.3) is 0 Å². The highest BCUT2D eigenvalue weighted by Crippen LogP contribution is 2.31. The molecule has 0 amide bonds. The third-order valence-electron chi connectivity index (χ3n) is 2.25. The topological polar surface area (TPSA) is 54.5 Å². The molecule has 0 unspecified atom stereocenters. The molecule has 0 atom stereocenters. The van der Waals surface area contributed by atoms with Crippen molar-refractivity contribution in [3.8, 4) is 0 Å². The lowest BCUT2D eigenvalue weighted by molar-refractivity contribution is 1.08. The normalized spacial score (nSPS) is 11.0. The molecule has 18 heavy (non-hydrogen) atoms. The van der Waals surface area contributed by atoms with Crippen LogP contribution in [0.3, 0.4) is 0 Å². The molecule has 0 aliphatic heterocycles. The number of halogens is 2. The first-order chi connectivity index (χ1) is 8.72. The zero-order valence-corrected chi connectivity index (χ0v) is 11.2. The summed E-state index contributed by atoms with van der Waals surface area (Å²) in [4.78, 5) is 16.3. The van der Waals surface area contributed by atoms with E-state index in [0.717, 1.165) is 15.4 Å². The van der Waals surface area contributed by atoms with Crippen molar-refractivity contribution in [1.29, 1.82) is 0 Å². The molecule has 1 aromatic carbocycles. The van der Waals surface area contributed by atoms with E-state index in [1.807, 2.05) is 24.3 Å². The number of aromatic amines is 1. The van der Waals surface area contributed by atoms with E-state index in [4.69, 9.17) is 23.2 Å². The van der Waals surface area contributed by atoms with Crippen molar-refractivity contribution in [2.75, 3.05) is 0 Å². The van der Waals surface area contributed by atoms with Crippen LogP contribution in [0.15, 0.2) is 40.5 Å². The maximum absolute atomic E-state index is 5.86. The second-order valence-electron chi connectivity index (χ2n) is 3.45. The van der Waals surface area contributed by atoms with Crippen molar-refractivity contribution in [3.05, 3.63) is 40.9 Å². The van der Waals surface area contributed by atoms with Gasteiger partial charge in [0.1, 0.15) is 10.5 Å². The van der Waals surface area contributed by atoms with Gasteiger partial charge in [0.15, 0.2) is 5.65 Å². The number of aromatic nitrogens is 4. The Morgan fingerprint density at radius 1 is 1.06 bits per heavy atom. The predicted molar refractivity (Wildman–Crippen MR) is 72.3 cm³/mol. The van der Waals surface area contributed by atoms with Gasteiger partial charge in [-0.25, -0.2) is 9.97 Å². The van der Waals surface area contributed by atoms with Gasteiger partial charge in [0.05, 0.1) is 6.33 Å². The highest BCUT2D eigenvalue weighted by molar-refractivity contribution is 7.99. The maximum atomic E-state index is 5.86. The van der Waals surface area contributed by atoms with E-state index in [9.17, 15) is 0 Å². The molecule has 0 aliphatic rings. The maximum Gasteiger partial charge on any atom is 0.225 e. The highest BCUT2D eigenvalue weighted by Gasteiger charge is 2.10. The summed E-state index contributed by atoms with van der Waals surface area (Å²) in [6.07, 6.45) is 1.57. The number of nitrogens with zero attached hydrogens (tertiary/aromatic N) is 3. The number of fused-ring (bicyclic) bond motifs is 1. The Balaban J connectivity index is 2.03. The number of imidazole rings is 1. The number of hydrogen-bond acceptors (Lipinski definition) is 4. The standard InChI is InChI=1S/C11H6Cl2N4S/c12-6-1-3-7(4-2-6)18-10-8-9(15-5-14-8)16-11(13)17-10/h1-5H,(H,14,15,16,17). The summed E-state index contributed by atoms with van der Waals surface area (Å²) in [6.45, 7) is 0. The van der Waals surface area contributed by atoms with Crippen molar-refractivity contribution in [3.63, 3.8) is 0 Å². The van der Waals surface area contributed by atoms with E-state index in [2.05, 4.69) is 19.9 Å². The molecular weight excluding hydrogens is 291 g/mol. The molecule has 2 heterocycles. The molecule has 0 saturated carbocycles. The van der Waals surface area contributed by atoms with Crippen LogP contribution in [0.4, 0.5) is 0 Å². The Labute approximate surface area is 117 Å². The summed E-state index contributed by atoms with van der Waals surface area (Å²) in [7, 11) is 0. The molecule has 4 nitrogen and oxygen atoms in total. The first kappa shape index (κ1) is 11.8. The first-order valence-corrected chi connectivity index (χ1v) is 6.59. The van der Waals surface area contributed by atoms with Gasteiger partial charge < -0.3 is 4.98 Å². The molecule has 1 N–H and O–H groups in total. The van der Waals surface area contributed by atoms with Crippen molar-refractivity contribution in [2.24, 2.45) is 0 Å². The average Bonchev–Trinajstić information content (AvgIpc) is 2.80. The molecule has 0 spiro atoms. The summed E-state index contributed by atoms with van der Waals surface area (Å²) in [5, 5.41) is 1.63. The molecule has 0 radical (unpaired) electrons. The van der Waals surface area contributed by atoms with Crippen LogP contribution in [0.25, 0.3) is 11.2 Å². The van der Waals surface area contributed by atoms with Crippen LogP contribution in [0.2, 0.25) is 10.3 Å². The molecule has 2 aromatic heterocycles. The van der Waals surface area contributed by atoms with E-state index < -0.39 is 0 Å². The lowest BCUT2D eigenvalue weighted by atomic mass is 10.4. The van der Waals surface area contributed by atoms with E-state index >= 15 is 0 Å². The van der Waals surface area contributed by atoms with Crippen LogP contribution in [0.5, 0.6) is 0 Å². The molecule has 0 fully saturated rings. The molecule has 90 valence electrons. The summed E-state index contributed by atoms with van der Waals surface area (Å²) in [6, 6.07) is 7.50. The van der Waals surface area contributed by atoms with Gasteiger partial charge in [-0.2, -0.15) is 4.98 Å². The van der Waals surface area contributed by atoms with Crippen molar-refractivity contribution in [2.45, 2.75) is 9.92 Å². The Morgan fingerprint density at radius 3 is 2.61 bits per heavy atom. The van der Waals surface area contributed by atoms with Crippen LogP contribution in [0, 0.1) is 0 Å². The molecule has 0 saturated heterocycles. The average molecular weight is 297 g/mol. The smallest absolute Gasteiger partial charge is 0.225 e. The SMILES string of the molecule is Clc1ccc(Sc2nc(Cl)nc3nc[nH]c23)cc1. The Bertz CT molecular complexity index is 696. The van der Waals surface area contributed by atoms with Gasteiger partial charge in [0, 0.05) is 9.92 Å². The van der Waals surface area contributed by atoms with E-state index in [1.54, 1.807) is 6.33 Å². The number of nitrogens with one attached hydrogen (secondary N) is 1. The largest absolute Gasteiger partial charge is 0.341 e. The quantitative estimate of drug-likeness (QED) is 0.577. The molecule has 0 aliphatic carbocycles. The van der Waals surface area contributed by atoms with Gasteiger partial charge in [0.2, 0.25) is 5.28 Å². The van der Waals surface area contributed by atoms with Crippen molar-refractivity contribution in [1.82, 2.24) is 19.9 Å². The lowest BCUT2D eigenvalue weighted by Gasteiger charge is -2.02. The molecule has 0 bridgehead atoms. The highest BCUT2D eigenvalue weighted by atomic mass is 35.5. The summed E-state index contributed by atoms with van der Waals surface area (Å²) in [5.41, 5.74) is 1.34. The van der Waals surface area contributed by atoms with Crippen LogP contribution < -0.4 is 0 Å². The van der Waals surface area contributed by atoms with Crippen LogP contribution in [-0.4, -0.2) is 19.9 Å². The van der Waals surface area contributed by atoms with Gasteiger partial charge in [-0.05, 0) is 35.9 Å². The van der Waals surface area contributed by atoms with Crippen molar-refractivity contribution < 1.29 is 0 Å². The summed E-state index contributed by atoms with van der Waals surface area (Å²) < 4.78 is 0. The predicted octanol–water partition coefficient (Wildman–Crippen LogP) is 3.81. The fourth-order valence-electron chi connectivity index (χ4n) is 1.47. The van der Waals surface area contributed by atoms with E-state index in [0.29, 0.717) is 10.7 Å². The van der Waals surface area contributed by atoms with Crippen LogP contribution in [0.1, 0.15) is 0 Å². The number of H-pyrrole nitrogens is 1. The zero-order valence-electron chi connectivity index (χ0n) is 8.89. The first-order valence-electron chi connectivity index (χ1n) is 5.02. The molecule has 7 heteroatoms. The summed E-state index contributed by atoms with van der Waals surface area (Å²) >= 11 is 13.2. The van der Waals surface area contributed by atoms with Gasteiger partial charge in [-0.3, -0.25) is 0 Å². The minimum absolute atomic E-state index is 0.186. The van der Waals surface area contributed by atoms with Crippen molar-refractivity contribution >= 4 is 46.1 Å². The lowest BCUT2D eigenvalue weighted by Crippen LogP contribution is -1.88. The van der Waals surface area contributed by atoms with Crippen LogP contribution >= 0.6 is 35.0 Å². The second-order valence-corrected chi connectivity index (χ2v) is 5.29. The molecular formula is C11H6Cl2N4S. The Morgan fingerprint density at radius 2 is 1.83 bits per heavy atom. The minimum Gasteiger partial charge on any atom is -0.341 e. The number of hydrogen-bond donors (Lipinski definition) is 1. The fraction of sp³-hybridized carbons (Fsp3) is 0. The Kier molecular flexibility index (Phi) is 3.11. The third-order valence-corrected chi connectivity index (χ3v) is 3.67. The van der Waals surface area contributed by atoms with Gasteiger partial charge >= 0.3 is 0 Å². The third kappa shape index (κ3) is 2.29. The molecule has 3 rings (SSSR count). The minimum atomic E-state index is 0.186. The Hall–Kier alpha value is -1.30. The summed E-state index contributed by atoms with van der Waals surface area (Å²) in [5.74, 6) is 0. The number of rotatable bonds is 2.